The minimum absolute atomic E-state index is 0.00861. The van der Waals surface area contributed by atoms with Gasteiger partial charge in [0.15, 0.2) is 0 Å². The summed E-state index contributed by atoms with van der Waals surface area (Å²) in [6.07, 6.45) is 0.890. The van der Waals surface area contributed by atoms with Gasteiger partial charge >= 0.3 is 109 Å². The number of hydrogen-bond donors (Lipinski definition) is 0. The Labute approximate surface area is 109 Å². The molecule has 0 N–H and O–H groups in total. The van der Waals surface area contributed by atoms with Gasteiger partial charge in [-0.2, -0.15) is 0 Å². The van der Waals surface area contributed by atoms with Crippen LogP contribution in [0.2, 0.25) is 4.82 Å². The zero-order valence-corrected chi connectivity index (χ0v) is 12.2. The predicted molar refractivity (Wildman–Crippen MR) is 69.5 cm³/mol. The standard InChI is InChI=1S/C14H18O2Se/c1-4-14(3)10(2)12(13(15)16-14)17-11-8-6-5-7-9-11/h5-10,12H,4H2,1-3H3. The van der Waals surface area contributed by atoms with Crippen molar-refractivity contribution in [3.63, 3.8) is 0 Å². The first-order chi connectivity index (χ1) is 8.07. The second-order valence-corrected chi connectivity index (χ2v) is 7.28. The Bertz CT molecular complexity index is 404. The van der Waals surface area contributed by atoms with Gasteiger partial charge < -0.3 is 0 Å². The van der Waals surface area contributed by atoms with Gasteiger partial charge in [0.1, 0.15) is 0 Å². The van der Waals surface area contributed by atoms with Crippen LogP contribution >= 0.6 is 0 Å². The maximum atomic E-state index is 12.0. The summed E-state index contributed by atoms with van der Waals surface area (Å²) in [6, 6.07) is 10.3. The molecule has 0 aromatic heterocycles. The number of benzene rings is 1. The van der Waals surface area contributed by atoms with E-state index in [-0.39, 0.29) is 31.3 Å². The van der Waals surface area contributed by atoms with E-state index in [1.165, 1.54) is 4.46 Å². The molecule has 3 atom stereocenters. The van der Waals surface area contributed by atoms with Crippen molar-refractivity contribution < 1.29 is 9.53 Å². The van der Waals surface area contributed by atoms with Crippen molar-refractivity contribution in [3.05, 3.63) is 30.3 Å². The molecule has 0 amide bonds. The Kier molecular flexibility index (Phi) is 3.60. The third-order valence-electron chi connectivity index (χ3n) is 3.69. The van der Waals surface area contributed by atoms with Crippen LogP contribution in [0.4, 0.5) is 0 Å². The Hall–Kier alpha value is -0.791. The molecule has 1 saturated heterocycles. The van der Waals surface area contributed by atoms with Gasteiger partial charge in [-0.05, 0) is 0 Å². The van der Waals surface area contributed by atoms with Crippen molar-refractivity contribution in [1.82, 2.24) is 0 Å². The van der Waals surface area contributed by atoms with E-state index < -0.39 is 0 Å². The molecule has 92 valence electrons. The summed E-state index contributed by atoms with van der Waals surface area (Å²) in [5.74, 6) is 0.297. The van der Waals surface area contributed by atoms with Crippen LogP contribution in [0.5, 0.6) is 0 Å². The van der Waals surface area contributed by atoms with E-state index in [0.29, 0.717) is 5.92 Å². The summed E-state index contributed by atoms with van der Waals surface area (Å²) in [6.45, 7) is 6.28. The molecule has 1 fully saturated rings. The quantitative estimate of drug-likeness (QED) is 0.631. The van der Waals surface area contributed by atoms with E-state index in [9.17, 15) is 4.79 Å². The molecule has 2 nitrogen and oxygen atoms in total. The van der Waals surface area contributed by atoms with Crippen molar-refractivity contribution >= 4 is 25.4 Å². The summed E-state index contributed by atoms with van der Waals surface area (Å²) in [5.41, 5.74) is -0.266. The van der Waals surface area contributed by atoms with Crippen LogP contribution in [0.1, 0.15) is 27.2 Å². The molecule has 1 aliphatic heterocycles. The number of ether oxygens (including phenoxy) is 1. The van der Waals surface area contributed by atoms with Crippen molar-refractivity contribution in [2.45, 2.75) is 37.6 Å². The summed E-state index contributed by atoms with van der Waals surface area (Å²) in [7, 11) is 0. The zero-order chi connectivity index (χ0) is 12.5. The summed E-state index contributed by atoms with van der Waals surface area (Å²) in [5, 5.41) is 0. The molecule has 17 heavy (non-hydrogen) atoms. The molecule has 0 radical (unpaired) electrons. The van der Waals surface area contributed by atoms with E-state index in [4.69, 9.17) is 4.74 Å². The molecule has 0 bridgehead atoms. The molecular formula is C14H18O2Se. The molecular weight excluding hydrogens is 279 g/mol. The molecule has 1 aliphatic rings. The first kappa shape index (κ1) is 12.7. The second-order valence-electron chi connectivity index (χ2n) is 4.73. The van der Waals surface area contributed by atoms with Crippen LogP contribution < -0.4 is 4.46 Å². The fraction of sp³-hybridized carbons (Fsp3) is 0.500. The van der Waals surface area contributed by atoms with Crippen molar-refractivity contribution in [1.29, 1.82) is 0 Å². The fourth-order valence-electron chi connectivity index (χ4n) is 2.10. The van der Waals surface area contributed by atoms with E-state index in [1.54, 1.807) is 0 Å². The third-order valence-corrected chi connectivity index (χ3v) is 6.63. The molecule has 0 saturated carbocycles. The number of esters is 1. The zero-order valence-electron chi connectivity index (χ0n) is 10.5. The van der Waals surface area contributed by atoms with E-state index >= 15 is 0 Å². The first-order valence-corrected chi connectivity index (χ1v) is 7.86. The Morgan fingerprint density at radius 2 is 2.00 bits per heavy atom. The molecule has 1 heterocycles. The molecule has 0 aliphatic carbocycles. The maximum absolute atomic E-state index is 12.0. The van der Waals surface area contributed by atoms with E-state index in [0.717, 1.165) is 6.42 Å². The number of carbonyl (C=O) groups excluding carboxylic acids is 1. The summed E-state index contributed by atoms with van der Waals surface area (Å²) < 4.78 is 6.84. The average molecular weight is 297 g/mol. The molecule has 1 aromatic carbocycles. The van der Waals surface area contributed by atoms with Crippen molar-refractivity contribution in [2.24, 2.45) is 5.92 Å². The Morgan fingerprint density at radius 3 is 2.53 bits per heavy atom. The molecule has 3 heteroatoms. The van der Waals surface area contributed by atoms with Gasteiger partial charge in [0.2, 0.25) is 0 Å². The van der Waals surface area contributed by atoms with Crippen LogP contribution in [-0.2, 0) is 9.53 Å². The Morgan fingerprint density at radius 1 is 1.35 bits per heavy atom. The number of rotatable bonds is 3. The van der Waals surface area contributed by atoms with Crippen LogP contribution in [0.15, 0.2) is 30.3 Å². The normalized spacial score (nSPS) is 32.5. The Balaban J connectivity index is 2.15. The molecule has 2 rings (SSSR count). The monoisotopic (exact) mass is 298 g/mol. The van der Waals surface area contributed by atoms with E-state index in [2.05, 4.69) is 32.9 Å². The molecule has 1 aromatic rings. The van der Waals surface area contributed by atoms with Crippen LogP contribution in [0.3, 0.4) is 0 Å². The number of carbonyl (C=O) groups is 1. The summed E-state index contributed by atoms with van der Waals surface area (Å²) in [4.78, 5) is 12.0. The van der Waals surface area contributed by atoms with Gasteiger partial charge in [-0.1, -0.05) is 0 Å². The molecule has 0 spiro atoms. The number of hydrogen-bond acceptors (Lipinski definition) is 2. The van der Waals surface area contributed by atoms with Crippen LogP contribution in [0, 0.1) is 5.92 Å². The van der Waals surface area contributed by atoms with Gasteiger partial charge in [-0.3, -0.25) is 0 Å². The number of cyclic esters (lactones) is 1. The molecule has 3 unspecified atom stereocenters. The topological polar surface area (TPSA) is 26.3 Å². The van der Waals surface area contributed by atoms with Gasteiger partial charge in [0.05, 0.1) is 0 Å². The van der Waals surface area contributed by atoms with Gasteiger partial charge in [0, 0.05) is 0 Å². The van der Waals surface area contributed by atoms with Crippen LogP contribution in [0.25, 0.3) is 0 Å². The minimum atomic E-state index is -0.266. The average Bonchev–Trinajstić information content (AvgIpc) is 2.55. The summed E-state index contributed by atoms with van der Waals surface area (Å²) >= 11 is 0.171. The second kappa shape index (κ2) is 4.83. The van der Waals surface area contributed by atoms with Crippen molar-refractivity contribution in [2.75, 3.05) is 0 Å². The third kappa shape index (κ3) is 2.41. The fourth-order valence-corrected chi connectivity index (χ4v) is 4.70. The first-order valence-electron chi connectivity index (χ1n) is 6.01. The van der Waals surface area contributed by atoms with Crippen LogP contribution in [-0.4, -0.2) is 26.5 Å². The predicted octanol–water partition coefficient (Wildman–Crippen LogP) is 2.17. The van der Waals surface area contributed by atoms with E-state index in [1.807, 2.05) is 18.2 Å². The van der Waals surface area contributed by atoms with Gasteiger partial charge in [-0.25, -0.2) is 0 Å². The van der Waals surface area contributed by atoms with Gasteiger partial charge in [0.25, 0.3) is 0 Å². The van der Waals surface area contributed by atoms with Gasteiger partial charge in [-0.15, -0.1) is 0 Å². The SMILES string of the molecule is CCC1(C)OC(=O)C([Se]c2ccccc2)C1C. The van der Waals surface area contributed by atoms with Crippen molar-refractivity contribution in [3.8, 4) is 0 Å².